The molecule has 0 bridgehead atoms. The van der Waals surface area contributed by atoms with Crippen LogP contribution in [0.1, 0.15) is 35.4 Å². The van der Waals surface area contributed by atoms with Crippen molar-refractivity contribution in [2.24, 2.45) is 16.7 Å². The van der Waals surface area contributed by atoms with Crippen molar-refractivity contribution in [3.8, 4) is 23.1 Å². The first kappa shape index (κ1) is 21.3. The Kier molecular flexibility index (Phi) is 6.58. The van der Waals surface area contributed by atoms with E-state index < -0.39 is 0 Å². The molecule has 1 aromatic heterocycles. The van der Waals surface area contributed by atoms with Gasteiger partial charge in [0, 0.05) is 36.6 Å². The maximum atomic E-state index is 9.64. The molecular formula is C24H24N6O2. The molecule has 4 rings (SSSR count). The number of ether oxygens (including phenoxy) is 2. The average molecular weight is 428 g/mol. The number of hydrogen-bond acceptors (Lipinski definition) is 7. The molecule has 4 N–H and O–H groups in total. The Labute approximate surface area is 186 Å². The first-order chi connectivity index (χ1) is 15.7. The summed E-state index contributed by atoms with van der Waals surface area (Å²) in [5, 5.41) is 13.2. The maximum Gasteiger partial charge on any atom is 0.150 e. The molecule has 0 spiro atoms. The number of rotatable bonds is 6. The Morgan fingerprint density at radius 2 is 2.03 bits per heavy atom. The van der Waals surface area contributed by atoms with Gasteiger partial charge in [-0.15, -0.1) is 0 Å². The molecule has 1 aliphatic heterocycles. The summed E-state index contributed by atoms with van der Waals surface area (Å²) in [6, 6.07) is 17.3. The zero-order chi connectivity index (χ0) is 22.3. The number of hydrogen-bond donors (Lipinski definition) is 2. The van der Waals surface area contributed by atoms with Crippen molar-refractivity contribution in [1.29, 1.82) is 5.26 Å². The van der Waals surface area contributed by atoms with E-state index in [4.69, 9.17) is 21.1 Å². The number of nitrogens with zero attached hydrogens (tertiary/aromatic N) is 4. The molecule has 2 heterocycles. The van der Waals surface area contributed by atoms with Crippen LogP contribution in [0.4, 0.5) is 0 Å². The van der Waals surface area contributed by atoms with Gasteiger partial charge in [-0.05, 0) is 35.9 Å². The second kappa shape index (κ2) is 9.90. The third-order valence-electron chi connectivity index (χ3n) is 5.29. The van der Waals surface area contributed by atoms with Crippen LogP contribution in [0.3, 0.4) is 0 Å². The fraction of sp³-hybridized carbons (Fsp3) is 0.250. The van der Waals surface area contributed by atoms with Crippen LogP contribution in [-0.2, 0) is 11.2 Å². The van der Waals surface area contributed by atoms with E-state index in [9.17, 15) is 5.26 Å². The molecule has 0 amide bonds. The summed E-state index contributed by atoms with van der Waals surface area (Å²) in [6.45, 7) is 1.37. The molecule has 0 atom stereocenters. The van der Waals surface area contributed by atoms with Crippen LogP contribution in [0.25, 0.3) is 11.3 Å². The van der Waals surface area contributed by atoms with E-state index in [0.29, 0.717) is 36.8 Å². The number of amidine groups is 1. The highest BCUT2D eigenvalue weighted by molar-refractivity contribution is 5.97. The SMILES string of the molecule is N#Cc1cc(-c2ccnc(Cc3cccc(/C(N)=N/N)c3)n2)ccc1OC1CCOCC1. The Morgan fingerprint density at radius 3 is 2.81 bits per heavy atom. The van der Waals surface area contributed by atoms with E-state index in [0.717, 1.165) is 35.2 Å². The highest BCUT2D eigenvalue weighted by Crippen LogP contribution is 2.27. The number of benzene rings is 2. The van der Waals surface area contributed by atoms with Gasteiger partial charge >= 0.3 is 0 Å². The van der Waals surface area contributed by atoms with Crippen LogP contribution >= 0.6 is 0 Å². The standard InChI is InChI=1S/C24H24N6O2/c25-15-19-14-17(4-5-22(19)32-20-7-10-31-11-8-20)21-6-9-28-23(29-21)13-16-2-1-3-18(12-16)24(26)30-27/h1-6,9,12,14,20H,7-8,10-11,13,27H2,(H2,26,30). The molecule has 0 radical (unpaired) electrons. The van der Waals surface area contributed by atoms with Crippen LogP contribution in [-0.4, -0.2) is 35.1 Å². The van der Waals surface area contributed by atoms with Crippen molar-refractivity contribution in [3.05, 3.63) is 77.2 Å². The number of nitrogens with two attached hydrogens (primary N) is 2. The van der Waals surface area contributed by atoms with Crippen molar-refractivity contribution in [2.75, 3.05) is 13.2 Å². The zero-order valence-corrected chi connectivity index (χ0v) is 17.6. The normalized spacial score (nSPS) is 14.7. The monoisotopic (exact) mass is 428 g/mol. The van der Waals surface area contributed by atoms with Gasteiger partial charge in [0.05, 0.1) is 24.5 Å². The summed E-state index contributed by atoms with van der Waals surface area (Å²) in [5.74, 6) is 6.80. The topological polar surface area (TPSA) is 132 Å². The Balaban J connectivity index is 1.54. The summed E-state index contributed by atoms with van der Waals surface area (Å²) in [6.07, 6.45) is 3.96. The molecule has 3 aromatic rings. The Hall–Kier alpha value is -3.96. The lowest BCUT2D eigenvalue weighted by Crippen LogP contribution is -2.26. The van der Waals surface area contributed by atoms with E-state index in [2.05, 4.69) is 21.1 Å². The van der Waals surface area contributed by atoms with Gasteiger partial charge in [0.25, 0.3) is 0 Å². The molecule has 1 aliphatic rings. The van der Waals surface area contributed by atoms with Crippen LogP contribution in [0, 0.1) is 11.3 Å². The molecule has 162 valence electrons. The minimum atomic E-state index is 0.0708. The zero-order valence-electron chi connectivity index (χ0n) is 17.6. The van der Waals surface area contributed by atoms with Gasteiger partial charge in [-0.25, -0.2) is 9.97 Å². The molecule has 1 fully saturated rings. The summed E-state index contributed by atoms with van der Waals surface area (Å²) >= 11 is 0. The maximum absolute atomic E-state index is 9.64. The van der Waals surface area contributed by atoms with Crippen molar-refractivity contribution >= 4 is 5.84 Å². The molecule has 2 aromatic carbocycles. The molecule has 0 aliphatic carbocycles. The highest BCUT2D eigenvalue weighted by Gasteiger charge is 2.17. The fourth-order valence-corrected chi connectivity index (χ4v) is 3.60. The number of hydrazone groups is 1. The lowest BCUT2D eigenvalue weighted by molar-refractivity contribution is 0.0254. The van der Waals surface area contributed by atoms with E-state index >= 15 is 0 Å². The highest BCUT2D eigenvalue weighted by atomic mass is 16.5. The van der Waals surface area contributed by atoms with Crippen molar-refractivity contribution in [1.82, 2.24) is 9.97 Å². The lowest BCUT2D eigenvalue weighted by Gasteiger charge is -2.23. The van der Waals surface area contributed by atoms with E-state index in [1.165, 1.54) is 0 Å². The van der Waals surface area contributed by atoms with Gasteiger partial charge in [0.2, 0.25) is 0 Å². The number of aromatic nitrogens is 2. The molecule has 1 saturated heterocycles. The molecule has 0 unspecified atom stereocenters. The van der Waals surface area contributed by atoms with Crippen LogP contribution < -0.4 is 16.3 Å². The summed E-state index contributed by atoms with van der Waals surface area (Å²) in [4.78, 5) is 9.08. The Morgan fingerprint density at radius 1 is 1.19 bits per heavy atom. The minimum absolute atomic E-state index is 0.0708. The molecule has 32 heavy (non-hydrogen) atoms. The molecule has 8 heteroatoms. The van der Waals surface area contributed by atoms with Crippen molar-refractivity contribution in [2.45, 2.75) is 25.4 Å². The van der Waals surface area contributed by atoms with Gasteiger partial charge in [-0.1, -0.05) is 18.2 Å². The van der Waals surface area contributed by atoms with Gasteiger partial charge in [-0.2, -0.15) is 10.4 Å². The third kappa shape index (κ3) is 5.02. The van der Waals surface area contributed by atoms with Crippen molar-refractivity contribution in [3.63, 3.8) is 0 Å². The van der Waals surface area contributed by atoms with E-state index in [-0.39, 0.29) is 11.9 Å². The fourth-order valence-electron chi connectivity index (χ4n) is 3.60. The van der Waals surface area contributed by atoms with Gasteiger partial charge < -0.3 is 21.1 Å². The first-order valence-electron chi connectivity index (χ1n) is 10.4. The van der Waals surface area contributed by atoms with Gasteiger partial charge in [0.1, 0.15) is 29.6 Å². The van der Waals surface area contributed by atoms with E-state index in [1.54, 1.807) is 12.3 Å². The van der Waals surface area contributed by atoms with Crippen molar-refractivity contribution < 1.29 is 9.47 Å². The average Bonchev–Trinajstić information content (AvgIpc) is 2.84. The van der Waals surface area contributed by atoms with Crippen LogP contribution in [0.2, 0.25) is 0 Å². The van der Waals surface area contributed by atoms with Gasteiger partial charge in [-0.3, -0.25) is 0 Å². The second-order valence-electron chi connectivity index (χ2n) is 7.50. The van der Waals surface area contributed by atoms with Crippen LogP contribution in [0.5, 0.6) is 5.75 Å². The lowest BCUT2D eigenvalue weighted by atomic mass is 10.1. The quantitative estimate of drug-likeness (QED) is 0.267. The smallest absolute Gasteiger partial charge is 0.150 e. The summed E-state index contributed by atoms with van der Waals surface area (Å²) in [5.41, 5.74) is 9.60. The molecule has 0 saturated carbocycles. The van der Waals surface area contributed by atoms with Gasteiger partial charge in [0.15, 0.2) is 0 Å². The van der Waals surface area contributed by atoms with Crippen LogP contribution in [0.15, 0.2) is 59.8 Å². The summed E-state index contributed by atoms with van der Waals surface area (Å²) in [7, 11) is 0. The predicted octanol–water partition coefficient (Wildman–Crippen LogP) is 2.74. The minimum Gasteiger partial charge on any atom is -0.489 e. The third-order valence-corrected chi connectivity index (χ3v) is 5.29. The second-order valence-corrected chi connectivity index (χ2v) is 7.50. The number of nitriles is 1. The Bertz CT molecular complexity index is 1170. The largest absolute Gasteiger partial charge is 0.489 e. The molecular weight excluding hydrogens is 404 g/mol. The predicted molar refractivity (Wildman–Crippen MR) is 121 cm³/mol. The first-order valence-corrected chi connectivity index (χ1v) is 10.4. The molecule has 8 nitrogen and oxygen atoms in total. The summed E-state index contributed by atoms with van der Waals surface area (Å²) < 4.78 is 11.4. The van der Waals surface area contributed by atoms with E-state index in [1.807, 2.05) is 42.5 Å².